The highest BCUT2D eigenvalue weighted by Crippen LogP contribution is 2.30. The van der Waals surface area contributed by atoms with Crippen molar-refractivity contribution < 1.29 is 16.8 Å². The number of hydrogen-bond acceptors (Lipinski definition) is 5. The highest BCUT2D eigenvalue weighted by Gasteiger charge is 2.36. The molecule has 0 unspecified atom stereocenters. The molecule has 33 heavy (non-hydrogen) atoms. The highest BCUT2D eigenvalue weighted by molar-refractivity contribution is 7.89. The molecule has 180 valence electrons. The zero-order valence-corrected chi connectivity index (χ0v) is 20.9. The first-order chi connectivity index (χ1) is 15.7. The van der Waals surface area contributed by atoms with E-state index in [2.05, 4.69) is 4.90 Å². The second-order valence-electron chi connectivity index (χ2n) is 9.15. The lowest BCUT2D eigenvalue weighted by molar-refractivity contribution is 0.140. The van der Waals surface area contributed by atoms with Crippen molar-refractivity contribution in [2.75, 3.05) is 19.8 Å². The molecule has 0 N–H and O–H groups in total. The predicted octanol–water partition coefficient (Wildman–Crippen LogP) is 3.49. The largest absolute Gasteiger partial charge is 0.285 e. The Bertz CT molecular complexity index is 1140. The Labute approximate surface area is 198 Å². The number of piperidine rings is 1. The van der Waals surface area contributed by atoms with Gasteiger partial charge in [0.25, 0.3) is 0 Å². The van der Waals surface area contributed by atoms with E-state index < -0.39 is 20.0 Å². The van der Waals surface area contributed by atoms with Crippen LogP contribution in [0.15, 0.2) is 64.4 Å². The summed E-state index contributed by atoms with van der Waals surface area (Å²) in [5, 5.41) is 0. The molecule has 2 aliphatic rings. The molecule has 0 radical (unpaired) electrons. The Morgan fingerprint density at radius 1 is 0.758 bits per heavy atom. The summed E-state index contributed by atoms with van der Waals surface area (Å²) >= 11 is 0. The second kappa shape index (κ2) is 9.84. The summed E-state index contributed by atoms with van der Waals surface area (Å²) in [6, 6.07) is 15.6. The van der Waals surface area contributed by atoms with E-state index in [-0.39, 0.29) is 21.9 Å². The molecule has 0 bridgehead atoms. The Morgan fingerprint density at radius 3 is 1.94 bits per heavy atom. The van der Waals surface area contributed by atoms with Crippen LogP contribution in [0, 0.1) is 0 Å². The molecule has 2 aromatic carbocycles. The van der Waals surface area contributed by atoms with E-state index in [9.17, 15) is 16.8 Å². The van der Waals surface area contributed by atoms with E-state index in [1.807, 2.05) is 44.2 Å². The minimum Gasteiger partial charge on any atom is -0.285 e. The first kappa shape index (κ1) is 24.3. The molecule has 0 aromatic heterocycles. The fraction of sp³-hybridized carbons (Fsp3) is 0.500. The van der Waals surface area contributed by atoms with Gasteiger partial charge in [0.1, 0.15) is 0 Å². The zero-order valence-electron chi connectivity index (χ0n) is 19.3. The standard InChI is InChI=1S/C24H33N3O4S2/c1-20-8-6-9-21(2)27(20)33(30,31)24-14-12-23(13-15-24)32(28,29)26-17-7-16-25(19-26)18-22-10-4-3-5-11-22/h3-5,10-15,20-21H,6-9,16-19H2,1-2H3/t20-,21-/m0/s1. The van der Waals surface area contributed by atoms with Crippen molar-refractivity contribution in [1.29, 1.82) is 0 Å². The number of rotatable bonds is 6. The maximum Gasteiger partial charge on any atom is 0.244 e. The highest BCUT2D eigenvalue weighted by atomic mass is 32.2. The van der Waals surface area contributed by atoms with Crippen LogP contribution in [0.4, 0.5) is 0 Å². The van der Waals surface area contributed by atoms with Crippen molar-refractivity contribution in [3.05, 3.63) is 60.2 Å². The molecule has 2 heterocycles. The van der Waals surface area contributed by atoms with E-state index in [0.717, 1.165) is 37.8 Å². The van der Waals surface area contributed by atoms with E-state index in [0.29, 0.717) is 19.8 Å². The van der Waals surface area contributed by atoms with Gasteiger partial charge >= 0.3 is 0 Å². The SMILES string of the molecule is C[C@H]1CCC[C@H](C)N1S(=O)(=O)c1ccc(S(=O)(=O)N2CCCN(Cc3ccccc3)C2)cc1. The molecule has 0 aliphatic carbocycles. The van der Waals surface area contributed by atoms with Crippen LogP contribution >= 0.6 is 0 Å². The fourth-order valence-corrected chi connectivity index (χ4v) is 8.27. The zero-order chi connectivity index (χ0) is 23.6. The smallest absolute Gasteiger partial charge is 0.244 e. The summed E-state index contributed by atoms with van der Waals surface area (Å²) in [5.41, 5.74) is 1.15. The molecular weight excluding hydrogens is 458 g/mol. The summed E-state index contributed by atoms with van der Waals surface area (Å²) in [6.45, 7) is 6.17. The Balaban J connectivity index is 1.50. The molecule has 0 amide bonds. The van der Waals surface area contributed by atoms with Gasteiger partial charge in [0, 0.05) is 31.7 Å². The van der Waals surface area contributed by atoms with Crippen molar-refractivity contribution in [3.63, 3.8) is 0 Å². The van der Waals surface area contributed by atoms with Crippen LogP contribution in [-0.2, 0) is 26.6 Å². The molecule has 2 aromatic rings. The van der Waals surface area contributed by atoms with E-state index in [1.54, 1.807) is 4.31 Å². The third-order valence-electron chi connectivity index (χ3n) is 6.64. The molecule has 2 atom stereocenters. The van der Waals surface area contributed by atoms with Crippen molar-refractivity contribution in [2.24, 2.45) is 0 Å². The predicted molar refractivity (Wildman–Crippen MR) is 128 cm³/mol. The van der Waals surface area contributed by atoms with Gasteiger partial charge in [0.15, 0.2) is 0 Å². The molecular formula is C24H33N3O4S2. The summed E-state index contributed by atoms with van der Waals surface area (Å²) in [4.78, 5) is 2.39. The van der Waals surface area contributed by atoms with Gasteiger partial charge in [-0.15, -0.1) is 0 Å². The topological polar surface area (TPSA) is 78.0 Å². The van der Waals surface area contributed by atoms with Gasteiger partial charge in [0.05, 0.1) is 16.5 Å². The Morgan fingerprint density at radius 2 is 1.33 bits per heavy atom. The van der Waals surface area contributed by atoms with Gasteiger partial charge in [-0.3, -0.25) is 4.90 Å². The number of benzene rings is 2. The van der Waals surface area contributed by atoms with Crippen LogP contribution in [0.1, 0.15) is 45.1 Å². The van der Waals surface area contributed by atoms with E-state index >= 15 is 0 Å². The average molecular weight is 492 g/mol. The summed E-state index contributed by atoms with van der Waals surface area (Å²) in [6.07, 6.45) is 3.45. The van der Waals surface area contributed by atoms with Gasteiger partial charge in [-0.05, 0) is 62.9 Å². The van der Waals surface area contributed by atoms with Gasteiger partial charge in [-0.2, -0.15) is 8.61 Å². The average Bonchev–Trinajstić information content (AvgIpc) is 2.80. The molecule has 4 rings (SSSR count). The van der Waals surface area contributed by atoms with Crippen molar-refractivity contribution in [1.82, 2.24) is 13.5 Å². The van der Waals surface area contributed by atoms with Crippen molar-refractivity contribution in [3.8, 4) is 0 Å². The second-order valence-corrected chi connectivity index (χ2v) is 12.9. The number of nitrogens with zero attached hydrogens (tertiary/aromatic N) is 3. The van der Waals surface area contributed by atoms with Crippen LogP contribution in [0.25, 0.3) is 0 Å². The summed E-state index contributed by atoms with van der Waals surface area (Å²) in [5.74, 6) is 0. The minimum absolute atomic E-state index is 0.0638. The van der Waals surface area contributed by atoms with Gasteiger partial charge in [-0.25, -0.2) is 16.8 Å². The van der Waals surface area contributed by atoms with E-state index in [4.69, 9.17) is 0 Å². The number of sulfonamides is 2. The summed E-state index contributed by atoms with van der Waals surface area (Å²) < 4.78 is 56.1. The number of hydrogen-bond donors (Lipinski definition) is 0. The molecule has 7 nitrogen and oxygen atoms in total. The van der Waals surface area contributed by atoms with Crippen LogP contribution in [0.3, 0.4) is 0 Å². The Hall–Kier alpha value is -1.78. The molecule has 2 fully saturated rings. The third-order valence-corrected chi connectivity index (χ3v) is 10.6. The molecule has 2 saturated heterocycles. The normalized spacial score (nSPS) is 24.1. The van der Waals surface area contributed by atoms with Crippen LogP contribution in [0.5, 0.6) is 0 Å². The molecule has 9 heteroatoms. The third kappa shape index (κ3) is 5.17. The van der Waals surface area contributed by atoms with Crippen LogP contribution in [0.2, 0.25) is 0 Å². The Kier molecular flexibility index (Phi) is 7.26. The van der Waals surface area contributed by atoms with Crippen molar-refractivity contribution in [2.45, 2.75) is 68.0 Å². The lowest BCUT2D eigenvalue weighted by atomic mass is 10.0. The lowest BCUT2D eigenvalue weighted by Gasteiger charge is -2.37. The quantitative estimate of drug-likeness (QED) is 0.618. The van der Waals surface area contributed by atoms with Crippen LogP contribution in [-0.4, -0.2) is 62.2 Å². The first-order valence-electron chi connectivity index (χ1n) is 11.6. The summed E-state index contributed by atoms with van der Waals surface area (Å²) in [7, 11) is -7.39. The molecule has 0 saturated carbocycles. The van der Waals surface area contributed by atoms with Gasteiger partial charge in [-0.1, -0.05) is 36.8 Å². The van der Waals surface area contributed by atoms with Crippen LogP contribution < -0.4 is 0 Å². The maximum atomic E-state index is 13.3. The van der Waals surface area contributed by atoms with Gasteiger partial charge in [0.2, 0.25) is 20.0 Å². The first-order valence-corrected chi connectivity index (χ1v) is 14.5. The van der Waals surface area contributed by atoms with E-state index in [1.165, 1.54) is 28.6 Å². The monoisotopic (exact) mass is 491 g/mol. The van der Waals surface area contributed by atoms with Gasteiger partial charge < -0.3 is 0 Å². The fourth-order valence-electron chi connectivity index (χ4n) is 4.93. The molecule has 2 aliphatic heterocycles. The lowest BCUT2D eigenvalue weighted by Crippen LogP contribution is -2.47. The maximum absolute atomic E-state index is 13.3. The molecule has 0 spiro atoms. The van der Waals surface area contributed by atoms with Crippen molar-refractivity contribution >= 4 is 20.0 Å². The minimum atomic E-state index is -3.71.